The molecule has 0 saturated carbocycles. The Morgan fingerprint density at radius 2 is 2.20 bits per heavy atom. The van der Waals surface area contributed by atoms with Crippen molar-refractivity contribution >= 4 is 16.9 Å². The fraction of sp³-hybridized carbons (Fsp3) is 0.182. The Morgan fingerprint density at radius 3 is 2.87 bits per heavy atom. The van der Waals surface area contributed by atoms with Crippen molar-refractivity contribution in [2.45, 2.75) is 13.3 Å². The molecule has 0 bridgehead atoms. The third-order valence-electron chi connectivity index (χ3n) is 2.45. The maximum absolute atomic E-state index is 10.6. The normalized spacial score (nSPS) is 10.7. The van der Waals surface area contributed by atoms with Crippen LogP contribution in [0.15, 0.2) is 18.3 Å². The summed E-state index contributed by atoms with van der Waals surface area (Å²) in [5, 5.41) is 19.1. The zero-order valence-corrected chi connectivity index (χ0v) is 8.24. The summed E-state index contributed by atoms with van der Waals surface area (Å²) in [5.74, 6) is -0.731. The molecular weight excluding hydrogens is 194 g/mol. The van der Waals surface area contributed by atoms with Crippen molar-refractivity contribution in [3.8, 4) is 5.75 Å². The summed E-state index contributed by atoms with van der Waals surface area (Å²) >= 11 is 0. The molecule has 0 aliphatic carbocycles. The van der Waals surface area contributed by atoms with Gasteiger partial charge in [0.2, 0.25) is 0 Å². The molecule has 1 aromatic carbocycles. The average Bonchev–Trinajstić information content (AvgIpc) is 2.56. The molecule has 2 rings (SSSR count). The van der Waals surface area contributed by atoms with Gasteiger partial charge in [-0.25, -0.2) is 0 Å². The molecule has 0 aliphatic heterocycles. The van der Waals surface area contributed by atoms with Crippen molar-refractivity contribution in [3.63, 3.8) is 0 Å². The van der Waals surface area contributed by atoms with Gasteiger partial charge in [0.05, 0.1) is 11.9 Å². The number of aromatic hydroxyl groups is 1. The van der Waals surface area contributed by atoms with Gasteiger partial charge in [0, 0.05) is 11.6 Å². The van der Waals surface area contributed by atoms with Crippen LogP contribution in [0.5, 0.6) is 5.75 Å². The summed E-state index contributed by atoms with van der Waals surface area (Å²) in [6.07, 6.45) is 1.59. The number of hydrogen-bond donors (Lipinski definition) is 3. The molecule has 2 aromatic rings. The van der Waals surface area contributed by atoms with Gasteiger partial charge < -0.3 is 15.2 Å². The zero-order valence-electron chi connectivity index (χ0n) is 8.24. The number of aromatic amines is 1. The highest BCUT2D eigenvalue weighted by Gasteiger charge is 2.11. The summed E-state index contributed by atoms with van der Waals surface area (Å²) in [6.45, 7) is 1.89. The highest BCUT2D eigenvalue weighted by molar-refractivity contribution is 5.93. The highest BCUT2D eigenvalue weighted by atomic mass is 16.4. The summed E-state index contributed by atoms with van der Waals surface area (Å²) in [4.78, 5) is 13.5. The Bertz CT molecular complexity index is 528. The zero-order chi connectivity index (χ0) is 11.0. The van der Waals surface area contributed by atoms with E-state index in [1.807, 2.05) is 6.92 Å². The van der Waals surface area contributed by atoms with E-state index in [9.17, 15) is 9.90 Å². The van der Waals surface area contributed by atoms with Gasteiger partial charge in [0.15, 0.2) is 0 Å². The van der Waals surface area contributed by atoms with E-state index >= 15 is 0 Å². The standard InChI is InChI=1S/C11H11NO3/c1-6-2-3-8(13)11-10(6)7(5-12-11)4-9(14)15/h2-3,5,12-13H,4H2,1H3,(H,14,15). The minimum Gasteiger partial charge on any atom is -0.506 e. The topological polar surface area (TPSA) is 73.3 Å². The maximum atomic E-state index is 10.6. The minimum absolute atomic E-state index is 0.0374. The molecule has 1 heterocycles. The van der Waals surface area contributed by atoms with E-state index in [0.29, 0.717) is 11.1 Å². The number of phenols is 1. The number of phenolic OH excluding ortho intramolecular Hbond substituents is 1. The molecule has 0 amide bonds. The molecule has 4 nitrogen and oxygen atoms in total. The first-order valence-corrected chi connectivity index (χ1v) is 4.60. The van der Waals surface area contributed by atoms with Gasteiger partial charge in [-0.1, -0.05) is 6.07 Å². The van der Waals surface area contributed by atoms with E-state index in [0.717, 1.165) is 10.9 Å². The first-order chi connectivity index (χ1) is 7.09. The molecule has 0 saturated heterocycles. The average molecular weight is 205 g/mol. The Hall–Kier alpha value is -1.97. The summed E-state index contributed by atoms with van der Waals surface area (Å²) in [5.41, 5.74) is 2.26. The van der Waals surface area contributed by atoms with Crippen LogP contribution in [0.3, 0.4) is 0 Å². The van der Waals surface area contributed by atoms with Gasteiger partial charge in [-0.15, -0.1) is 0 Å². The second kappa shape index (κ2) is 3.31. The number of rotatable bonds is 2. The lowest BCUT2D eigenvalue weighted by molar-refractivity contribution is -0.136. The second-order valence-electron chi connectivity index (χ2n) is 3.54. The predicted molar refractivity (Wildman–Crippen MR) is 56.0 cm³/mol. The van der Waals surface area contributed by atoms with Gasteiger partial charge >= 0.3 is 5.97 Å². The number of H-pyrrole nitrogens is 1. The molecule has 0 spiro atoms. The Balaban J connectivity index is 2.67. The molecule has 1 aromatic heterocycles. The summed E-state index contributed by atoms with van der Waals surface area (Å²) in [6, 6.07) is 3.37. The third-order valence-corrected chi connectivity index (χ3v) is 2.45. The molecule has 0 fully saturated rings. The van der Waals surface area contributed by atoms with Crippen molar-refractivity contribution in [1.82, 2.24) is 4.98 Å². The molecular formula is C11H11NO3. The minimum atomic E-state index is -0.876. The number of benzene rings is 1. The lowest BCUT2D eigenvalue weighted by Gasteiger charge is -2.01. The van der Waals surface area contributed by atoms with Gasteiger partial charge in [0.1, 0.15) is 5.75 Å². The van der Waals surface area contributed by atoms with Crippen LogP contribution in [-0.2, 0) is 11.2 Å². The smallest absolute Gasteiger partial charge is 0.307 e. The van der Waals surface area contributed by atoms with E-state index in [4.69, 9.17) is 5.11 Å². The van der Waals surface area contributed by atoms with Crippen molar-refractivity contribution in [2.75, 3.05) is 0 Å². The van der Waals surface area contributed by atoms with Crippen LogP contribution >= 0.6 is 0 Å². The fourth-order valence-corrected chi connectivity index (χ4v) is 1.79. The third kappa shape index (κ3) is 1.54. The van der Waals surface area contributed by atoms with Crippen LogP contribution < -0.4 is 0 Å². The molecule has 0 radical (unpaired) electrons. The van der Waals surface area contributed by atoms with E-state index < -0.39 is 5.97 Å². The number of carbonyl (C=O) groups is 1. The lowest BCUT2D eigenvalue weighted by Crippen LogP contribution is -1.99. The summed E-state index contributed by atoms with van der Waals surface area (Å²) < 4.78 is 0. The number of fused-ring (bicyclic) bond motifs is 1. The van der Waals surface area contributed by atoms with E-state index in [1.54, 1.807) is 18.3 Å². The Morgan fingerprint density at radius 1 is 1.47 bits per heavy atom. The van der Waals surface area contributed by atoms with Crippen LogP contribution in [0.2, 0.25) is 0 Å². The van der Waals surface area contributed by atoms with Crippen LogP contribution in [0.1, 0.15) is 11.1 Å². The number of carboxylic acid groups (broad SMARTS) is 1. The Labute approximate surface area is 86.2 Å². The molecule has 3 N–H and O–H groups in total. The van der Waals surface area contributed by atoms with Gasteiger partial charge in [-0.3, -0.25) is 4.79 Å². The predicted octanol–water partition coefficient (Wildman–Crippen LogP) is 1.81. The molecule has 0 atom stereocenters. The number of carboxylic acids is 1. The van der Waals surface area contributed by atoms with Gasteiger partial charge in [0.25, 0.3) is 0 Å². The van der Waals surface area contributed by atoms with Crippen LogP contribution in [-0.4, -0.2) is 21.2 Å². The number of nitrogens with one attached hydrogen (secondary N) is 1. The van der Waals surface area contributed by atoms with Crippen LogP contribution in [0.25, 0.3) is 10.9 Å². The van der Waals surface area contributed by atoms with Crippen LogP contribution in [0.4, 0.5) is 0 Å². The number of aliphatic carboxylic acids is 1. The SMILES string of the molecule is Cc1ccc(O)c2[nH]cc(CC(=O)O)c12. The van der Waals surface area contributed by atoms with Crippen molar-refractivity contribution in [2.24, 2.45) is 0 Å². The first-order valence-electron chi connectivity index (χ1n) is 4.60. The van der Waals surface area contributed by atoms with Crippen molar-refractivity contribution in [3.05, 3.63) is 29.5 Å². The second-order valence-corrected chi connectivity index (χ2v) is 3.54. The van der Waals surface area contributed by atoms with E-state index in [1.165, 1.54) is 0 Å². The van der Waals surface area contributed by atoms with Crippen LogP contribution in [0, 0.1) is 6.92 Å². The lowest BCUT2D eigenvalue weighted by atomic mass is 10.1. The number of hydrogen-bond acceptors (Lipinski definition) is 2. The van der Waals surface area contributed by atoms with E-state index in [-0.39, 0.29) is 12.2 Å². The fourth-order valence-electron chi connectivity index (χ4n) is 1.79. The number of aromatic nitrogens is 1. The molecule has 0 aliphatic rings. The van der Waals surface area contributed by atoms with E-state index in [2.05, 4.69) is 4.98 Å². The molecule has 0 unspecified atom stereocenters. The quantitative estimate of drug-likeness (QED) is 0.700. The maximum Gasteiger partial charge on any atom is 0.307 e. The van der Waals surface area contributed by atoms with Gasteiger partial charge in [-0.05, 0) is 24.1 Å². The Kier molecular flexibility index (Phi) is 2.11. The highest BCUT2D eigenvalue weighted by Crippen LogP contribution is 2.29. The first kappa shape index (κ1) is 9.58. The van der Waals surface area contributed by atoms with Gasteiger partial charge in [-0.2, -0.15) is 0 Å². The molecule has 15 heavy (non-hydrogen) atoms. The molecule has 4 heteroatoms. The van der Waals surface area contributed by atoms with Crippen molar-refractivity contribution in [1.29, 1.82) is 0 Å². The monoisotopic (exact) mass is 205 g/mol. The largest absolute Gasteiger partial charge is 0.506 e. The summed E-state index contributed by atoms with van der Waals surface area (Å²) in [7, 11) is 0. The molecule has 78 valence electrons. The van der Waals surface area contributed by atoms with Crippen molar-refractivity contribution < 1.29 is 15.0 Å². The number of aryl methyl sites for hydroxylation is 1.